The zero-order valence-corrected chi connectivity index (χ0v) is 21.0. The number of aromatic nitrogens is 1. The molecule has 0 atom stereocenters. The number of hydrogen-bond donors (Lipinski definition) is 1. The van der Waals surface area contributed by atoms with Crippen LogP contribution in [0.15, 0.2) is 101 Å². The van der Waals surface area contributed by atoms with Gasteiger partial charge in [-0.15, -0.1) is 0 Å². The van der Waals surface area contributed by atoms with E-state index >= 15 is 0 Å². The molecule has 1 amide bonds. The number of benzene rings is 4. The Hall–Kier alpha value is -4.58. The maximum Gasteiger partial charge on any atom is 0.255 e. The number of rotatable bonds is 9. The van der Waals surface area contributed by atoms with Crippen molar-refractivity contribution in [1.82, 2.24) is 4.98 Å². The van der Waals surface area contributed by atoms with Crippen LogP contribution in [0.3, 0.4) is 0 Å². The molecular formula is C31H29N3O3. The van der Waals surface area contributed by atoms with Crippen molar-refractivity contribution >= 4 is 28.4 Å². The summed E-state index contributed by atoms with van der Waals surface area (Å²) >= 11 is 0. The van der Waals surface area contributed by atoms with Crippen LogP contribution in [-0.2, 0) is 6.61 Å². The predicted octanol–water partition coefficient (Wildman–Crippen LogP) is 7.17. The Morgan fingerprint density at radius 2 is 1.68 bits per heavy atom. The molecule has 37 heavy (non-hydrogen) atoms. The van der Waals surface area contributed by atoms with E-state index < -0.39 is 0 Å². The number of carbonyl (C=O) groups excluding carboxylic acids is 1. The van der Waals surface area contributed by atoms with E-state index in [0.717, 1.165) is 24.2 Å². The van der Waals surface area contributed by atoms with Gasteiger partial charge in [-0.1, -0.05) is 36.4 Å². The van der Waals surface area contributed by atoms with Gasteiger partial charge in [-0.25, -0.2) is 4.98 Å². The van der Waals surface area contributed by atoms with Crippen LogP contribution in [-0.4, -0.2) is 24.0 Å². The summed E-state index contributed by atoms with van der Waals surface area (Å²) in [6.45, 7) is 6.64. The summed E-state index contributed by atoms with van der Waals surface area (Å²) in [5, 5.41) is 2.95. The lowest BCUT2D eigenvalue weighted by Crippen LogP contribution is -2.21. The number of hydrogen-bond acceptors (Lipinski definition) is 5. The van der Waals surface area contributed by atoms with Crippen LogP contribution in [0.4, 0.5) is 11.4 Å². The molecule has 6 nitrogen and oxygen atoms in total. The standard InChI is InChI=1S/C31H29N3O3/c1-3-34(4-2)26-16-13-23(14-17-26)31-33-28-20-25(15-18-29(28)37-31)32-30(35)24-11-8-12-27(19-24)36-21-22-9-6-5-7-10-22/h5-20H,3-4,21H2,1-2H3,(H,32,35). The second kappa shape index (κ2) is 11.0. The number of ether oxygens (including phenoxy) is 1. The Kier molecular flexibility index (Phi) is 7.17. The van der Waals surface area contributed by atoms with E-state index in [2.05, 4.69) is 41.2 Å². The number of nitrogens with one attached hydrogen (secondary N) is 1. The SMILES string of the molecule is CCN(CC)c1ccc(-c2nc3cc(NC(=O)c4cccc(OCc5ccccc5)c4)ccc3o2)cc1. The fourth-order valence-electron chi connectivity index (χ4n) is 4.20. The largest absolute Gasteiger partial charge is 0.489 e. The van der Waals surface area contributed by atoms with Crippen LogP contribution in [0, 0.1) is 0 Å². The van der Waals surface area contributed by atoms with Gasteiger partial charge in [0, 0.05) is 35.6 Å². The highest BCUT2D eigenvalue weighted by Crippen LogP contribution is 2.28. The molecule has 0 bridgehead atoms. The lowest BCUT2D eigenvalue weighted by Gasteiger charge is -2.20. The van der Waals surface area contributed by atoms with E-state index in [1.807, 2.05) is 72.8 Å². The van der Waals surface area contributed by atoms with Crippen molar-refractivity contribution in [2.24, 2.45) is 0 Å². The highest BCUT2D eigenvalue weighted by atomic mass is 16.5. The summed E-state index contributed by atoms with van der Waals surface area (Å²) < 4.78 is 11.8. The van der Waals surface area contributed by atoms with Crippen LogP contribution in [0.5, 0.6) is 5.75 Å². The van der Waals surface area contributed by atoms with Crippen LogP contribution >= 0.6 is 0 Å². The van der Waals surface area contributed by atoms with Crippen molar-refractivity contribution in [3.63, 3.8) is 0 Å². The van der Waals surface area contributed by atoms with Gasteiger partial charge in [-0.2, -0.15) is 0 Å². The summed E-state index contributed by atoms with van der Waals surface area (Å²) in [7, 11) is 0. The zero-order chi connectivity index (χ0) is 25.6. The minimum Gasteiger partial charge on any atom is -0.489 e. The number of anilines is 2. The van der Waals surface area contributed by atoms with Crippen molar-refractivity contribution in [2.45, 2.75) is 20.5 Å². The quantitative estimate of drug-likeness (QED) is 0.237. The van der Waals surface area contributed by atoms with Crippen LogP contribution in [0.25, 0.3) is 22.6 Å². The Balaban J connectivity index is 1.28. The molecule has 1 aromatic heterocycles. The van der Waals surface area contributed by atoms with Crippen LogP contribution < -0.4 is 15.0 Å². The minimum atomic E-state index is -0.222. The first-order valence-corrected chi connectivity index (χ1v) is 12.5. The molecule has 0 unspecified atom stereocenters. The molecule has 0 spiro atoms. The summed E-state index contributed by atoms with van der Waals surface area (Å²) in [5.41, 5.74) is 5.65. The highest BCUT2D eigenvalue weighted by molar-refractivity contribution is 6.05. The molecule has 4 aromatic carbocycles. The second-order valence-electron chi connectivity index (χ2n) is 8.68. The Morgan fingerprint density at radius 1 is 0.892 bits per heavy atom. The fraction of sp³-hybridized carbons (Fsp3) is 0.161. The van der Waals surface area contributed by atoms with Gasteiger partial charge in [0.2, 0.25) is 5.89 Å². The highest BCUT2D eigenvalue weighted by Gasteiger charge is 2.12. The molecule has 0 fully saturated rings. The fourth-order valence-corrected chi connectivity index (χ4v) is 4.20. The van der Waals surface area contributed by atoms with E-state index in [1.54, 1.807) is 12.1 Å². The van der Waals surface area contributed by atoms with Crippen molar-refractivity contribution in [3.8, 4) is 17.2 Å². The molecule has 0 aliphatic heterocycles. The van der Waals surface area contributed by atoms with E-state index in [1.165, 1.54) is 5.69 Å². The number of carbonyl (C=O) groups is 1. The average Bonchev–Trinajstić information content (AvgIpc) is 3.37. The van der Waals surface area contributed by atoms with Gasteiger partial charge in [0.05, 0.1) is 0 Å². The van der Waals surface area contributed by atoms with E-state index in [4.69, 9.17) is 9.15 Å². The normalized spacial score (nSPS) is 10.9. The molecule has 0 saturated carbocycles. The van der Waals surface area contributed by atoms with Crippen molar-refractivity contribution in [3.05, 3.63) is 108 Å². The van der Waals surface area contributed by atoms with Gasteiger partial charge in [0.15, 0.2) is 5.58 Å². The number of nitrogens with zero attached hydrogens (tertiary/aromatic N) is 2. The Morgan fingerprint density at radius 3 is 2.43 bits per heavy atom. The third kappa shape index (κ3) is 5.64. The predicted molar refractivity (Wildman–Crippen MR) is 148 cm³/mol. The summed E-state index contributed by atoms with van der Waals surface area (Å²) in [6, 6.07) is 30.8. The number of fused-ring (bicyclic) bond motifs is 1. The van der Waals surface area contributed by atoms with Gasteiger partial charge in [0.1, 0.15) is 17.9 Å². The van der Waals surface area contributed by atoms with Crippen molar-refractivity contribution in [2.75, 3.05) is 23.3 Å². The Bertz CT molecular complexity index is 1490. The van der Waals surface area contributed by atoms with Crippen molar-refractivity contribution in [1.29, 1.82) is 0 Å². The number of oxazole rings is 1. The molecule has 0 saturated heterocycles. The van der Waals surface area contributed by atoms with Gasteiger partial charge in [0.25, 0.3) is 5.91 Å². The van der Waals surface area contributed by atoms with Gasteiger partial charge < -0.3 is 19.4 Å². The third-order valence-corrected chi connectivity index (χ3v) is 6.23. The van der Waals surface area contributed by atoms with Gasteiger partial charge in [-0.05, 0) is 80.1 Å². The molecule has 0 radical (unpaired) electrons. The maximum atomic E-state index is 12.9. The lowest BCUT2D eigenvalue weighted by molar-refractivity contribution is 0.102. The first kappa shape index (κ1) is 24.1. The average molecular weight is 492 g/mol. The van der Waals surface area contributed by atoms with Gasteiger partial charge >= 0.3 is 0 Å². The van der Waals surface area contributed by atoms with E-state index in [0.29, 0.717) is 40.6 Å². The second-order valence-corrected chi connectivity index (χ2v) is 8.68. The molecule has 0 aliphatic carbocycles. The van der Waals surface area contributed by atoms with Crippen molar-refractivity contribution < 1.29 is 13.9 Å². The molecule has 186 valence electrons. The zero-order valence-electron chi connectivity index (χ0n) is 21.0. The van der Waals surface area contributed by atoms with E-state index in [9.17, 15) is 4.79 Å². The van der Waals surface area contributed by atoms with Gasteiger partial charge in [-0.3, -0.25) is 4.79 Å². The molecule has 5 rings (SSSR count). The molecular weight excluding hydrogens is 462 g/mol. The summed E-state index contributed by atoms with van der Waals surface area (Å²) in [4.78, 5) is 19.9. The number of amides is 1. The Labute approximate surface area is 216 Å². The minimum absolute atomic E-state index is 0.222. The molecule has 1 heterocycles. The first-order valence-electron chi connectivity index (χ1n) is 12.5. The van der Waals surface area contributed by atoms with Crippen LogP contribution in [0.1, 0.15) is 29.8 Å². The monoisotopic (exact) mass is 491 g/mol. The van der Waals surface area contributed by atoms with Crippen LogP contribution in [0.2, 0.25) is 0 Å². The molecule has 1 N–H and O–H groups in total. The summed E-state index contributed by atoms with van der Waals surface area (Å²) in [6.07, 6.45) is 0. The smallest absolute Gasteiger partial charge is 0.255 e. The first-order chi connectivity index (χ1) is 18.1. The summed E-state index contributed by atoms with van der Waals surface area (Å²) in [5.74, 6) is 0.966. The molecule has 6 heteroatoms. The van der Waals surface area contributed by atoms with E-state index in [-0.39, 0.29) is 5.91 Å². The topological polar surface area (TPSA) is 67.6 Å². The molecule has 0 aliphatic rings. The lowest BCUT2D eigenvalue weighted by atomic mass is 10.2. The molecule has 5 aromatic rings. The maximum absolute atomic E-state index is 12.9. The third-order valence-electron chi connectivity index (χ3n) is 6.23.